The van der Waals surface area contributed by atoms with E-state index >= 15 is 0 Å². The molecule has 2 atom stereocenters. The molecule has 0 heterocycles. The van der Waals surface area contributed by atoms with Gasteiger partial charge in [0.15, 0.2) is 17.6 Å². The fraction of sp³-hybridized carbons (Fsp3) is 0.642. The molecule has 88 heavy (non-hydrogen) atoms. The predicted octanol–water partition coefficient (Wildman–Crippen LogP) is 16.5. The lowest BCUT2D eigenvalue weighted by Crippen LogP contribution is -2.30. The van der Waals surface area contributed by atoms with Crippen LogP contribution in [0.5, 0.6) is 11.5 Å². The lowest BCUT2D eigenvalue weighted by molar-refractivity contribution is -0.161. The van der Waals surface area contributed by atoms with Gasteiger partial charge in [0.2, 0.25) is 5.91 Å². The molecule has 0 saturated carbocycles. The van der Waals surface area contributed by atoms with Gasteiger partial charge < -0.3 is 43.4 Å². The van der Waals surface area contributed by atoms with E-state index < -0.39 is 62.9 Å². The number of esters is 5. The molecule has 18 nitrogen and oxygen atoms in total. The average molecular weight is 1300 g/mol. The van der Waals surface area contributed by atoms with E-state index in [1.54, 1.807) is 6.08 Å². The van der Waals surface area contributed by atoms with E-state index in [0.717, 1.165) is 77.0 Å². The Kier molecular flexibility index (Phi) is 44.4. The van der Waals surface area contributed by atoms with Crippen molar-refractivity contribution < 1.29 is 80.4 Å². The maximum atomic E-state index is 13.0. The van der Waals surface area contributed by atoms with E-state index in [-0.39, 0.29) is 84.5 Å². The van der Waals surface area contributed by atoms with Crippen molar-refractivity contribution in [2.45, 2.75) is 219 Å². The van der Waals surface area contributed by atoms with E-state index in [2.05, 4.69) is 43.5 Å². The van der Waals surface area contributed by atoms with Crippen molar-refractivity contribution in [3.8, 4) is 11.5 Å². The van der Waals surface area contributed by atoms with Crippen LogP contribution in [0.4, 0.5) is 0 Å². The molecule has 0 aliphatic carbocycles. The second-order valence-electron chi connectivity index (χ2n) is 21.6. The number of ether oxygens (including phenoxy) is 7. The van der Waals surface area contributed by atoms with Gasteiger partial charge in [0.05, 0.1) is 64.7 Å². The molecular weight excluding hydrogens is 1190 g/mol. The van der Waals surface area contributed by atoms with Crippen molar-refractivity contribution in [2.24, 2.45) is 0 Å². The van der Waals surface area contributed by atoms with Crippen molar-refractivity contribution in [3.05, 3.63) is 86.9 Å². The van der Waals surface area contributed by atoms with Gasteiger partial charge in [-0.25, -0.2) is 14.2 Å². The first-order valence-electron chi connectivity index (χ1n) is 31.9. The first kappa shape index (κ1) is 78.9. The number of phosphoric acid groups is 1. The number of rotatable bonds is 52. The summed E-state index contributed by atoms with van der Waals surface area (Å²) >= 11 is 13.1. The van der Waals surface area contributed by atoms with Crippen molar-refractivity contribution in [2.75, 3.05) is 61.4 Å². The Morgan fingerprint density at radius 2 is 0.943 bits per heavy atom. The minimum atomic E-state index is -4.76. The summed E-state index contributed by atoms with van der Waals surface area (Å²) < 4.78 is 60.3. The molecule has 2 unspecified atom stereocenters. The van der Waals surface area contributed by atoms with Crippen LogP contribution in [0.2, 0.25) is 10.0 Å². The summed E-state index contributed by atoms with van der Waals surface area (Å²) in [7, 11) is 0.338. The zero-order chi connectivity index (χ0) is 64.6. The van der Waals surface area contributed by atoms with Crippen LogP contribution in [0.1, 0.15) is 245 Å². The standard InChI is InChI=1S/C67H102Cl2NO17P/c1-7-9-11-13-15-17-19-21-23-25-27-29-31-33-35-39-61(72)84-50-54(87-63(74)40-36-34-32-30-28-26-24-22-20-18-16-14-12-10-8-2)51-86-88(77,78)85-45-43-70-60(71)41-42-62(73)83-44-37-38-55(52-46-56(66(75)81-5)64(79-3)58(68)48-52)53-47-57(67(76)82-6)65(80-4)59(69)49-53/h21-24,38,46-49,54H,7-20,25-37,39-45,50-51H2,1-6H3,(H,70,71)(H,77,78). The highest BCUT2D eigenvalue weighted by atomic mass is 35.5. The summed E-state index contributed by atoms with van der Waals surface area (Å²) in [4.78, 5) is 87.2. The molecule has 1 amide bonds. The summed E-state index contributed by atoms with van der Waals surface area (Å²) in [6.07, 6.45) is 38.5. The van der Waals surface area contributed by atoms with Gasteiger partial charge in [0, 0.05) is 32.2 Å². The van der Waals surface area contributed by atoms with Crippen LogP contribution in [0, 0.1) is 0 Å². The second kappa shape index (κ2) is 49.5. The molecule has 0 aliphatic rings. The third-order valence-corrected chi connectivity index (χ3v) is 15.9. The van der Waals surface area contributed by atoms with Gasteiger partial charge in [-0.05, 0) is 105 Å². The number of halogens is 2. The molecule has 21 heteroatoms. The molecule has 0 spiro atoms. The Balaban J connectivity index is 1.90. The van der Waals surface area contributed by atoms with Crippen LogP contribution >= 0.6 is 31.0 Å². The summed E-state index contributed by atoms with van der Waals surface area (Å²) in [6.45, 7) is 2.65. The maximum Gasteiger partial charge on any atom is 0.472 e. The third-order valence-electron chi connectivity index (χ3n) is 14.3. The van der Waals surface area contributed by atoms with Crippen LogP contribution in [0.3, 0.4) is 0 Å². The van der Waals surface area contributed by atoms with Gasteiger partial charge in [0.25, 0.3) is 0 Å². The number of unbranched alkanes of at least 4 members (excludes halogenated alkanes) is 22. The van der Waals surface area contributed by atoms with Crippen LogP contribution < -0.4 is 14.8 Å². The van der Waals surface area contributed by atoms with E-state index in [9.17, 15) is 38.2 Å². The van der Waals surface area contributed by atoms with E-state index in [1.165, 1.54) is 130 Å². The minimum Gasteiger partial charge on any atom is -0.494 e. The summed E-state index contributed by atoms with van der Waals surface area (Å²) in [5, 5.41) is 2.66. The molecule has 0 fully saturated rings. The Morgan fingerprint density at radius 1 is 0.511 bits per heavy atom. The zero-order valence-corrected chi connectivity index (χ0v) is 55.8. The lowest BCUT2D eigenvalue weighted by Gasteiger charge is -2.20. The number of nitrogens with one attached hydrogen (secondary N) is 1. The highest BCUT2D eigenvalue weighted by Gasteiger charge is 2.27. The lowest BCUT2D eigenvalue weighted by atomic mass is 9.93. The van der Waals surface area contributed by atoms with Crippen molar-refractivity contribution in [1.82, 2.24) is 5.32 Å². The summed E-state index contributed by atoms with van der Waals surface area (Å²) in [5.41, 5.74) is 1.22. The third kappa shape index (κ3) is 35.8. The fourth-order valence-corrected chi connectivity index (χ4v) is 10.8. The molecule has 0 aliphatic heterocycles. The number of benzene rings is 2. The first-order chi connectivity index (χ1) is 42.5. The Labute approximate surface area is 534 Å². The first-order valence-corrected chi connectivity index (χ1v) is 34.1. The van der Waals surface area contributed by atoms with Crippen molar-refractivity contribution in [1.29, 1.82) is 0 Å². The number of phosphoric ester groups is 1. The number of carbonyl (C=O) groups is 6. The molecule has 2 aromatic carbocycles. The highest BCUT2D eigenvalue weighted by molar-refractivity contribution is 7.47. The Morgan fingerprint density at radius 3 is 1.40 bits per heavy atom. The number of hydrogen-bond donors (Lipinski definition) is 2. The summed E-state index contributed by atoms with van der Waals surface area (Å²) in [6, 6.07) is 6.04. The molecule has 2 N–H and O–H groups in total. The molecule has 0 aromatic heterocycles. The van der Waals surface area contributed by atoms with E-state index in [1.807, 2.05) is 0 Å². The number of methoxy groups -OCH3 is 4. The monoisotopic (exact) mass is 1290 g/mol. The second-order valence-corrected chi connectivity index (χ2v) is 23.9. The maximum absolute atomic E-state index is 13.0. The van der Waals surface area contributed by atoms with Gasteiger partial charge in [0.1, 0.15) is 17.7 Å². The number of allylic oxidation sites excluding steroid dienone is 4. The smallest absolute Gasteiger partial charge is 0.472 e. The molecule has 496 valence electrons. The van der Waals surface area contributed by atoms with E-state index in [0.29, 0.717) is 29.5 Å². The van der Waals surface area contributed by atoms with Gasteiger partial charge >= 0.3 is 37.7 Å². The SMILES string of the molecule is CCCCCCCCC=CCCCCCCCC(=O)OCC(COP(=O)(O)OCCNC(=O)CCC(=O)OCCC=C(c1cc(Cl)c(OC)c(C(=O)OC)c1)c1cc(Cl)c(OC)c(C(=O)OC)c1)OC(=O)CCCCCCCC=CCCCCCCCC. The molecule has 0 saturated heterocycles. The van der Waals surface area contributed by atoms with Crippen LogP contribution in [0.15, 0.2) is 54.6 Å². The fourth-order valence-electron chi connectivity index (χ4n) is 9.46. The topological polar surface area (TPSA) is 235 Å². The zero-order valence-electron chi connectivity index (χ0n) is 53.4. The minimum absolute atomic E-state index is 0.0126. The van der Waals surface area contributed by atoms with Crippen LogP contribution in [-0.4, -0.2) is 108 Å². The molecule has 2 rings (SSSR count). The Hall–Kier alpha value is -5.23. The van der Waals surface area contributed by atoms with Crippen molar-refractivity contribution >= 4 is 72.4 Å². The van der Waals surface area contributed by atoms with Crippen LogP contribution in [0.25, 0.3) is 5.57 Å². The quantitative estimate of drug-likeness (QED) is 0.0206. The van der Waals surface area contributed by atoms with Crippen molar-refractivity contribution in [3.63, 3.8) is 0 Å². The van der Waals surface area contributed by atoms with Gasteiger partial charge in [-0.2, -0.15) is 0 Å². The highest BCUT2D eigenvalue weighted by Crippen LogP contribution is 2.43. The van der Waals surface area contributed by atoms with E-state index in [4.69, 9.17) is 65.4 Å². The predicted molar refractivity (Wildman–Crippen MR) is 345 cm³/mol. The van der Waals surface area contributed by atoms with Gasteiger partial charge in [-0.3, -0.25) is 28.2 Å². The molecule has 0 bridgehead atoms. The molecule has 2 aromatic rings. The largest absolute Gasteiger partial charge is 0.494 e. The average Bonchev–Trinajstić information content (AvgIpc) is 2.73. The number of hydrogen-bond acceptors (Lipinski definition) is 16. The number of carbonyl (C=O) groups excluding carboxylic acids is 6. The van der Waals surface area contributed by atoms with Gasteiger partial charge in [-0.15, -0.1) is 0 Å². The Bertz CT molecular complexity index is 2420. The van der Waals surface area contributed by atoms with Crippen LogP contribution in [-0.2, 0) is 56.5 Å². The summed E-state index contributed by atoms with van der Waals surface area (Å²) in [5.74, 6) is -3.62. The molecule has 0 radical (unpaired) electrons. The molecular formula is C67H102Cl2NO17P. The van der Waals surface area contributed by atoms with Gasteiger partial charge in [-0.1, -0.05) is 170 Å². The number of amides is 1. The normalized spacial score (nSPS) is 12.3.